The van der Waals surface area contributed by atoms with Gasteiger partial charge in [-0.2, -0.15) is 0 Å². The van der Waals surface area contributed by atoms with E-state index < -0.39 is 0 Å². The quantitative estimate of drug-likeness (QED) is 0.621. The normalized spacial score (nSPS) is 11.8. The molecule has 0 aliphatic rings. The fraction of sp³-hybridized carbons (Fsp3) is 0.500. The molecule has 0 heterocycles. The van der Waals surface area contributed by atoms with E-state index in [2.05, 4.69) is 42.1 Å². The second-order valence-electron chi connectivity index (χ2n) is 5.09. The van der Waals surface area contributed by atoms with Gasteiger partial charge >= 0.3 is 5.97 Å². The van der Waals surface area contributed by atoms with Crippen molar-refractivity contribution in [3.05, 3.63) is 29.3 Å². The number of hydrogen-bond donors (Lipinski definition) is 1. The first kappa shape index (κ1) is 17.6. The first-order valence-electron chi connectivity index (χ1n) is 6.98. The maximum Gasteiger partial charge on any atom is 0.307 e. The minimum absolute atomic E-state index is 0.0391. The van der Waals surface area contributed by atoms with Crippen molar-refractivity contribution in [3.8, 4) is 0 Å². The number of rotatable bonds is 7. The first-order valence-corrected chi connectivity index (χ1v) is 7.97. The fourth-order valence-corrected chi connectivity index (χ4v) is 2.74. The Labute approximate surface area is 130 Å². The molecule has 1 aromatic carbocycles. The molecule has 1 N–H and O–H groups in total. The van der Waals surface area contributed by atoms with Crippen molar-refractivity contribution in [3.63, 3.8) is 0 Å². The Morgan fingerprint density at radius 3 is 2.62 bits per heavy atom. The largest absolute Gasteiger partial charge is 0.469 e. The van der Waals surface area contributed by atoms with Crippen LogP contribution in [0.15, 0.2) is 23.1 Å². The van der Waals surface area contributed by atoms with Crippen LogP contribution in [-0.2, 0) is 14.3 Å². The number of amides is 1. The summed E-state index contributed by atoms with van der Waals surface area (Å²) in [6, 6.07) is 6.11. The zero-order valence-electron chi connectivity index (χ0n) is 13.1. The highest BCUT2D eigenvalue weighted by atomic mass is 32.2. The van der Waals surface area contributed by atoms with Crippen LogP contribution in [0.4, 0.5) is 0 Å². The maximum absolute atomic E-state index is 11.8. The molecule has 0 aromatic heterocycles. The summed E-state index contributed by atoms with van der Waals surface area (Å²) in [7, 11) is 1.34. The summed E-state index contributed by atoms with van der Waals surface area (Å²) in [5.41, 5.74) is 2.53. The second-order valence-corrected chi connectivity index (χ2v) is 6.26. The average molecular weight is 309 g/mol. The molecule has 21 heavy (non-hydrogen) atoms. The Hall–Kier alpha value is -1.49. The fourth-order valence-electron chi connectivity index (χ4n) is 1.80. The molecule has 0 aliphatic carbocycles. The summed E-state index contributed by atoms with van der Waals surface area (Å²) in [5, 5.41) is 2.80. The highest BCUT2D eigenvalue weighted by Crippen LogP contribution is 2.21. The van der Waals surface area contributed by atoms with E-state index in [9.17, 15) is 9.59 Å². The number of benzene rings is 1. The van der Waals surface area contributed by atoms with E-state index in [0.29, 0.717) is 6.42 Å². The van der Waals surface area contributed by atoms with Gasteiger partial charge in [-0.05, 0) is 44.0 Å². The van der Waals surface area contributed by atoms with Gasteiger partial charge in [0.05, 0.1) is 13.5 Å². The number of nitrogens with one attached hydrogen (secondary N) is 1. The van der Waals surface area contributed by atoms with Gasteiger partial charge in [0.1, 0.15) is 0 Å². The van der Waals surface area contributed by atoms with Crippen LogP contribution in [0.2, 0.25) is 0 Å². The summed E-state index contributed by atoms with van der Waals surface area (Å²) < 4.78 is 4.57. The molecule has 0 saturated carbocycles. The molecule has 1 rings (SSSR count). The molecule has 1 amide bonds. The molecule has 0 fully saturated rings. The monoisotopic (exact) mass is 309 g/mol. The number of ether oxygens (including phenoxy) is 1. The van der Waals surface area contributed by atoms with Crippen molar-refractivity contribution in [1.82, 2.24) is 5.32 Å². The van der Waals surface area contributed by atoms with Gasteiger partial charge in [-0.1, -0.05) is 6.07 Å². The summed E-state index contributed by atoms with van der Waals surface area (Å²) in [5.74, 6) is 0.370. The third kappa shape index (κ3) is 6.67. The number of thioether (sulfide) groups is 1. The van der Waals surface area contributed by atoms with Crippen molar-refractivity contribution in [2.75, 3.05) is 12.9 Å². The van der Waals surface area contributed by atoms with Gasteiger partial charge in [-0.25, -0.2) is 0 Å². The van der Waals surface area contributed by atoms with Crippen molar-refractivity contribution in [2.24, 2.45) is 0 Å². The Morgan fingerprint density at radius 2 is 2.00 bits per heavy atom. The molecule has 0 spiro atoms. The topological polar surface area (TPSA) is 55.4 Å². The van der Waals surface area contributed by atoms with Gasteiger partial charge in [0.15, 0.2) is 0 Å². The van der Waals surface area contributed by atoms with Crippen LogP contribution < -0.4 is 5.32 Å². The van der Waals surface area contributed by atoms with Crippen molar-refractivity contribution >= 4 is 23.6 Å². The van der Waals surface area contributed by atoms with Crippen LogP contribution in [0.25, 0.3) is 0 Å². The zero-order valence-corrected chi connectivity index (χ0v) is 13.9. The Morgan fingerprint density at radius 1 is 1.29 bits per heavy atom. The van der Waals surface area contributed by atoms with Gasteiger partial charge in [0, 0.05) is 23.1 Å². The number of carbonyl (C=O) groups excluding carboxylic acids is 2. The van der Waals surface area contributed by atoms with E-state index in [0.717, 1.165) is 5.75 Å². The van der Waals surface area contributed by atoms with E-state index in [-0.39, 0.29) is 24.3 Å². The van der Waals surface area contributed by atoms with Crippen molar-refractivity contribution < 1.29 is 14.3 Å². The molecule has 0 aliphatic heterocycles. The van der Waals surface area contributed by atoms with Gasteiger partial charge in [0.25, 0.3) is 0 Å². The molecule has 0 bridgehead atoms. The number of esters is 1. The molecule has 4 nitrogen and oxygen atoms in total. The Kier molecular flexibility index (Phi) is 7.29. The highest BCUT2D eigenvalue weighted by Gasteiger charge is 2.11. The van der Waals surface area contributed by atoms with E-state index >= 15 is 0 Å². The van der Waals surface area contributed by atoms with E-state index in [1.165, 1.54) is 23.1 Å². The molecular formula is C16H23NO3S. The van der Waals surface area contributed by atoms with Gasteiger partial charge in [-0.15, -0.1) is 11.8 Å². The average Bonchev–Trinajstić information content (AvgIpc) is 2.42. The lowest BCUT2D eigenvalue weighted by atomic mass is 10.1. The molecule has 1 unspecified atom stereocenters. The van der Waals surface area contributed by atoms with Crippen LogP contribution in [0.3, 0.4) is 0 Å². The molecular weight excluding hydrogens is 286 g/mol. The molecule has 1 aromatic rings. The second kappa shape index (κ2) is 8.72. The van der Waals surface area contributed by atoms with Gasteiger partial charge in [-0.3, -0.25) is 9.59 Å². The van der Waals surface area contributed by atoms with Crippen LogP contribution in [0, 0.1) is 13.8 Å². The minimum atomic E-state index is -0.313. The number of methoxy groups -OCH3 is 1. The van der Waals surface area contributed by atoms with E-state index in [4.69, 9.17) is 0 Å². The lowest BCUT2D eigenvalue weighted by Gasteiger charge is -2.12. The van der Waals surface area contributed by atoms with E-state index in [1.807, 2.05) is 0 Å². The first-order chi connectivity index (χ1) is 9.92. The predicted octanol–water partition coefficient (Wildman–Crippen LogP) is 2.85. The maximum atomic E-state index is 11.8. The summed E-state index contributed by atoms with van der Waals surface area (Å²) in [6.07, 6.45) is 0.635. The molecule has 116 valence electrons. The molecule has 5 heteroatoms. The third-order valence-electron chi connectivity index (χ3n) is 3.18. The SMILES string of the molecule is COC(=O)CC(C)NC(=O)CCSc1ccc(C)c(C)c1. The van der Waals surface area contributed by atoms with Crippen LogP contribution in [0.5, 0.6) is 0 Å². The van der Waals surface area contributed by atoms with Gasteiger partial charge in [0.2, 0.25) is 5.91 Å². The van der Waals surface area contributed by atoms with Crippen LogP contribution >= 0.6 is 11.8 Å². The third-order valence-corrected chi connectivity index (χ3v) is 4.18. The molecule has 1 atom stereocenters. The Balaban J connectivity index is 2.30. The lowest BCUT2D eigenvalue weighted by molar-refractivity contribution is -0.141. The van der Waals surface area contributed by atoms with Crippen LogP contribution in [-0.4, -0.2) is 30.8 Å². The minimum Gasteiger partial charge on any atom is -0.469 e. The highest BCUT2D eigenvalue weighted by molar-refractivity contribution is 7.99. The van der Waals surface area contributed by atoms with Crippen LogP contribution in [0.1, 0.15) is 30.9 Å². The smallest absolute Gasteiger partial charge is 0.307 e. The number of aryl methyl sites for hydroxylation is 2. The van der Waals surface area contributed by atoms with Gasteiger partial charge < -0.3 is 10.1 Å². The van der Waals surface area contributed by atoms with Crippen molar-refractivity contribution in [1.29, 1.82) is 0 Å². The number of carbonyl (C=O) groups is 2. The summed E-state index contributed by atoms with van der Waals surface area (Å²) in [6.45, 7) is 5.96. The summed E-state index contributed by atoms with van der Waals surface area (Å²) in [4.78, 5) is 24.0. The predicted molar refractivity (Wildman–Crippen MR) is 85.5 cm³/mol. The Bertz CT molecular complexity index is 502. The molecule has 0 saturated heterocycles. The zero-order chi connectivity index (χ0) is 15.8. The standard InChI is InChI=1S/C16H23NO3S/c1-11-5-6-14(9-12(11)2)21-8-7-15(18)17-13(3)10-16(19)20-4/h5-6,9,13H,7-8,10H2,1-4H3,(H,17,18). The molecule has 0 radical (unpaired) electrons. The summed E-state index contributed by atoms with van der Waals surface area (Å²) >= 11 is 1.66. The van der Waals surface area contributed by atoms with Crippen molar-refractivity contribution in [2.45, 2.75) is 44.6 Å². The lowest BCUT2D eigenvalue weighted by Crippen LogP contribution is -2.34. The van der Waals surface area contributed by atoms with E-state index in [1.54, 1.807) is 18.7 Å². The number of hydrogen-bond acceptors (Lipinski definition) is 4.